The topological polar surface area (TPSA) is 81.0 Å². The Balaban J connectivity index is 1.37. The third-order valence-corrected chi connectivity index (χ3v) is 7.05. The molecule has 196 valence electrons. The fourth-order valence-electron chi connectivity index (χ4n) is 4.93. The Morgan fingerprint density at radius 1 is 1.16 bits per heavy atom. The van der Waals surface area contributed by atoms with Crippen molar-refractivity contribution in [1.82, 2.24) is 4.57 Å². The maximum Gasteiger partial charge on any atom is 0.307 e. The van der Waals surface area contributed by atoms with Crippen LogP contribution in [-0.4, -0.2) is 47.9 Å². The molecule has 3 aromatic carbocycles. The van der Waals surface area contributed by atoms with Gasteiger partial charge in [0.1, 0.15) is 30.0 Å². The van der Waals surface area contributed by atoms with Gasteiger partial charge in [-0.2, -0.15) is 0 Å². The number of carboxylic acids is 1. The summed E-state index contributed by atoms with van der Waals surface area (Å²) in [7, 11) is 2.01. The summed E-state index contributed by atoms with van der Waals surface area (Å²) in [4.78, 5) is 27.1. The SMILES string of the molecule is Cc1ccc2c(c1)N(C)C[C@@H](COc1ccc(C(=O)n3c(C)c(CC(=O)O)c4c(F)cccc43)c(Cl)c1)O2. The first-order valence-electron chi connectivity index (χ1n) is 12.1. The van der Waals surface area contributed by atoms with Crippen LogP contribution in [0.3, 0.4) is 0 Å². The zero-order valence-corrected chi connectivity index (χ0v) is 21.9. The fourth-order valence-corrected chi connectivity index (χ4v) is 5.18. The van der Waals surface area contributed by atoms with E-state index in [1.54, 1.807) is 31.2 Å². The third-order valence-electron chi connectivity index (χ3n) is 6.74. The number of hydrogen-bond acceptors (Lipinski definition) is 5. The molecule has 0 radical (unpaired) electrons. The summed E-state index contributed by atoms with van der Waals surface area (Å²) < 4.78 is 28.0. The van der Waals surface area contributed by atoms with Crippen LogP contribution in [0.5, 0.6) is 11.5 Å². The number of nitrogens with zero attached hydrogens (tertiary/aromatic N) is 2. The van der Waals surface area contributed by atoms with Crippen molar-refractivity contribution in [1.29, 1.82) is 0 Å². The number of aliphatic carboxylic acids is 1. The maximum atomic E-state index is 14.7. The zero-order valence-electron chi connectivity index (χ0n) is 21.1. The summed E-state index contributed by atoms with van der Waals surface area (Å²) >= 11 is 6.50. The highest BCUT2D eigenvalue weighted by atomic mass is 35.5. The molecule has 0 saturated heterocycles. The number of aryl methyl sites for hydroxylation is 1. The Bertz CT molecular complexity index is 1580. The van der Waals surface area contributed by atoms with Gasteiger partial charge in [-0.15, -0.1) is 0 Å². The molecule has 0 bridgehead atoms. The van der Waals surface area contributed by atoms with E-state index in [0.717, 1.165) is 17.0 Å². The minimum atomic E-state index is -1.12. The van der Waals surface area contributed by atoms with Crippen LogP contribution in [0.15, 0.2) is 54.6 Å². The van der Waals surface area contributed by atoms with Gasteiger partial charge in [-0.05, 0) is 67.4 Å². The van der Waals surface area contributed by atoms with Gasteiger partial charge >= 0.3 is 5.97 Å². The minimum Gasteiger partial charge on any atom is -0.490 e. The Labute approximate surface area is 223 Å². The van der Waals surface area contributed by atoms with Gasteiger partial charge in [-0.3, -0.25) is 14.2 Å². The van der Waals surface area contributed by atoms with Crippen molar-refractivity contribution in [3.63, 3.8) is 0 Å². The van der Waals surface area contributed by atoms with Crippen LogP contribution >= 0.6 is 11.6 Å². The van der Waals surface area contributed by atoms with E-state index >= 15 is 0 Å². The van der Waals surface area contributed by atoms with Gasteiger partial charge in [0, 0.05) is 18.1 Å². The van der Waals surface area contributed by atoms with E-state index in [4.69, 9.17) is 21.1 Å². The molecule has 7 nitrogen and oxygen atoms in total. The van der Waals surface area contributed by atoms with Gasteiger partial charge in [0.25, 0.3) is 5.91 Å². The highest BCUT2D eigenvalue weighted by molar-refractivity contribution is 6.34. The first kappa shape index (κ1) is 25.6. The molecule has 0 unspecified atom stereocenters. The Morgan fingerprint density at radius 2 is 1.95 bits per heavy atom. The van der Waals surface area contributed by atoms with Crippen molar-refractivity contribution >= 4 is 40.1 Å². The van der Waals surface area contributed by atoms with Crippen molar-refractivity contribution in [2.24, 2.45) is 0 Å². The predicted octanol–water partition coefficient (Wildman–Crippen LogP) is 5.64. The van der Waals surface area contributed by atoms with Crippen LogP contribution in [0.25, 0.3) is 10.9 Å². The summed E-state index contributed by atoms with van der Waals surface area (Å²) in [5.74, 6) is -0.926. The van der Waals surface area contributed by atoms with E-state index in [-0.39, 0.29) is 39.8 Å². The van der Waals surface area contributed by atoms with E-state index in [1.165, 1.54) is 16.7 Å². The Hall–Kier alpha value is -4.04. The second-order valence-corrected chi connectivity index (χ2v) is 9.86. The first-order chi connectivity index (χ1) is 18.1. The van der Waals surface area contributed by atoms with Gasteiger partial charge in [0.2, 0.25) is 0 Å². The maximum absolute atomic E-state index is 14.7. The van der Waals surface area contributed by atoms with Crippen molar-refractivity contribution in [2.75, 3.05) is 25.1 Å². The molecule has 5 rings (SSSR count). The lowest BCUT2D eigenvalue weighted by Crippen LogP contribution is -2.41. The van der Waals surface area contributed by atoms with Crippen molar-refractivity contribution in [3.05, 3.63) is 87.8 Å². The van der Waals surface area contributed by atoms with Gasteiger partial charge in [-0.1, -0.05) is 23.7 Å². The van der Waals surface area contributed by atoms with Crippen LogP contribution in [0, 0.1) is 19.7 Å². The number of ether oxygens (including phenoxy) is 2. The molecule has 0 aliphatic carbocycles. The third kappa shape index (κ3) is 4.67. The fraction of sp³-hybridized carbons (Fsp3) is 0.241. The van der Waals surface area contributed by atoms with Crippen molar-refractivity contribution in [3.8, 4) is 11.5 Å². The number of fused-ring (bicyclic) bond motifs is 2. The number of rotatable bonds is 6. The molecule has 0 amide bonds. The number of carbonyl (C=O) groups is 2. The molecular weight excluding hydrogens is 511 g/mol. The number of anilines is 1. The largest absolute Gasteiger partial charge is 0.490 e. The second-order valence-electron chi connectivity index (χ2n) is 9.45. The zero-order chi connectivity index (χ0) is 27.1. The van der Waals surface area contributed by atoms with Gasteiger partial charge in [-0.25, -0.2) is 4.39 Å². The average molecular weight is 537 g/mol. The van der Waals surface area contributed by atoms with Crippen LogP contribution in [-0.2, 0) is 11.2 Å². The number of carbonyl (C=O) groups excluding carboxylic acids is 1. The Morgan fingerprint density at radius 3 is 2.68 bits per heavy atom. The molecule has 4 aromatic rings. The van der Waals surface area contributed by atoms with Crippen LogP contribution in [0.4, 0.5) is 10.1 Å². The number of carboxylic acid groups (broad SMARTS) is 1. The van der Waals surface area contributed by atoms with E-state index in [1.807, 2.05) is 26.1 Å². The summed E-state index contributed by atoms with van der Waals surface area (Å²) in [6.07, 6.45) is -0.612. The van der Waals surface area contributed by atoms with E-state index in [9.17, 15) is 19.1 Å². The first-order valence-corrected chi connectivity index (χ1v) is 12.5. The van der Waals surface area contributed by atoms with Crippen molar-refractivity contribution in [2.45, 2.75) is 26.4 Å². The van der Waals surface area contributed by atoms with E-state index in [2.05, 4.69) is 11.0 Å². The molecule has 0 fully saturated rings. The van der Waals surface area contributed by atoms with E-state index in [0.29, 0.717) is 18.0 Å². The Kier molecular flexibility index (Phi) is 6.75. The number of aromatic nitrogens is 1. The minimum absolute atomic E-state index is 0.117. The van der Waals surface area contributed by atoms with Crippen LogP contribution in [0.2, 0.25) is 5.02 Å². The highest BCUT2D eigenvalue weighted by Gasteiger charge is 2.26. The van der Waals surface area contributed by atoms with Crippen LogP contribution < -0.4 is 14.4 Å². The monoisotopic (exact) mass is 536 g/mol. The molecule has 0 spiro atoms. The molecule has 9 heteroatoms. The van der Waals surface area contributed by atoms with E-state index < -0.39 is 24.1 Å². The summed E-state index contributed by atoms with van der Waals surface area (Å²) in [6.45, 7) is 4.56. The number of hydrogen-bond donors (Lipinski definition) is 1. The van der Waals surface area contributed by atoms with Crippen LogP contribution in [0.1, 0.15) is 27.2 Å². The predicted molar refractivity (Wildman–Crippen MR) is 144 cm³/mol. The average Bonchev–Trinajstić information content (AvgIpc) is 3.14. The number of likely N-dealkylation sites (N-methyl/N-ethyl adjacent to an activating group) is 1. The van der Waals surface area contributed by atoms with Gasteiger partial charge < -0.3 is 19.5 Å². The lowest BCUT2D eigenvalue weighted by molar-refractivity contribution is -0.136. The molecule has 1 aromatic heterocycles. The lowest BCUT2D eigenvalue weighted by atomic mass is 10.1. The number of benzene rings is 3. The van der Waals surface area contributed by atoms with Gasteiger partial charge in [0.15, 0.2) is 0 Å². The molecule has 1 atom stereocenters. The lowest BCUT2D eigenvalue weighted by Gasteiger charge is -2.34. The van der Waals surface area contributed by atoms with Crippen molar-refractivity contribution < 1.29 is 28.6 Å². The molecule has 1 aliphatic rings. The normalized spacial score (nSPS) is 14.8. The molecule has 1 N–H and O–H groups in total. The highest BCUT2D eigenvalue weighted by Crippen LogP contribution is 2.34. The summed E-state index contributed by atoms with van der Waals surface area (Å²) in [6, 6.07) is 15.1. The summed E-state index contributed by atoms with van der Waals surface area (Å²) in [5.41, 5.74) is 3.26. The van der Waals surface area contributed by atoms with Gasteiger partial charge in [0.05, 0.1) is 34.8 Å². The molecule has 2 heterocycles. The quantitative estimate of drug-likeness (QED) is 0.343. The number of halogens is 2. The standard InChI is InChI=1S/C29H26ClFN2O5/c1-16-7-10-26-25(11-16)32(3)14-19(38-26)15-37-18-8-9-20(22(30)12-18)29(36)33-17(2)21(13-27(34)35)28-23(31)5-4-6-24(28)33/h4-12,19H,13-15H2,1-3H3,(H,34,35)/t19-/m0/s1. The molecular formula is C29H26ClFN2O5. The second kappa shape index (κ2) is 10.0. The molecule has 38 heavy (non-hydrogen) atoms. The molecule has 1 aliphatic heterocycles. The molecule has 0 saturated carbocycles. The summed E-state index contributed by atoms with van der Waals surface area (Å²) in [5, 5.41) is 9.61. The smallest absolute Gasteiger partial charge is 0.307 e.